The summed E-state index contributed by atoms with van der Waals surface area (Å²) in [6.07, 6.45) is 7.28. The number of rotatable bonds is 5. The Kier molecular flexibility index (Phi) is 7.92. The lowest BCUT2D eigenvalue weighted by molar-refractivity contribution is -0.134. The Labute approximate surface area is 336 Å². The molecule has 17 nitrogen and oxygen atoms in total. The van der Waals surface area contributed by atoms with Crippen molar-refractivity contribution in [2.24, 2.45) is 0 Å². The van der Waals surface area contributed by atoms with Crippen molar-refractivity contribution in [1.29, 1.82) is 0 Å². The molecule has 0 unspecified atom stereocenters. The van der Waals surface area contributed by atoms with Gasteiger partial charge in [-0.15, -0.1) is 0 Å². The molecule has 300 valence electrons. The molecular formula is C41H40FN13O4. The first-order valence-electron chi connectivity index (χ1n) is 19.8. The fourth-order valence-electron chi connectivity index (χ4n) is 9.11. The number of ether oxygens (including phenoxy) is 1. The van der Waals surface area contributed by atoms with E-state index < -0.39 is 24.0 Å². The van der Waals surface area contributed by atoms with E-state index in [4.69, 9.17) is 29.7 Å². The third-order valence-corrected chi connectivity index (χ3v) is 12.2. The summed E-state index contributed by atoms with van der Waals surface area (Å²) in [4.78, 5) is 60.8. The Balaban J connectivity index is 1.04. The molecule has 3 fully saturated rings. The largest absolute Gasteiger partial charge is 0.506 e. The van der Waals surface area contributed by atoms with Crippen molar-refractivity contribution in [2.45, 2.75) is 63.0 Å². The summed E-state index contributed by atoms with van der Waals surface area (Å²) in [6.45, 7) is 3.45. The summed E-state index contributed by atoms with van der Waals surface area (Å²) >= 11 is 0. The molecule has 5 aliphatic heterocycles. The van der Waals surface area contributed by atoms with Crippen molar-refractivity contribution in [3.63, 3.8) is 0 Å². The van der Waals surface area contributed by atoms with Gasteiger partial charge in [-0.05, 0) is 62.6 Å². The van der Waals surface area contributed by atoms with Crippen LogP contribution in [0.3, 0.4) is 0 Å². The number of fused-ring (bicyclic) bond motifs is 8. The van der Waals surface area contributed by atoms with Crippen molar-refractivity contribution in [3.8, 4) is 22.8 Å². The average molecular weight is 798 g/mol. The number of halogens is 1. The van der Waals surface area contributed by atoms with Crippen LogP contribution in [0.4, 0.5) is 22.0 Å². The molecular weight excluding hydrogens is 758 g/mol. The molecule has 2 N–H and O–H groups in total. The third-order valence-electron chi connectivity index (χ3n) is 12.2. The van der Waals surface area contributed by atoms with E-state index >= 15 is 0 Å². The van der Waals surface area contributed by atoms with Gasteiger partial charge in [0.2, 0.25) is 17.8 Å². The summed E-state index contributed by atoms with van der Waals surface area (Å²) in [5.41, 5.74) is 4.45. The first-order valence-corrected chi connectivity index (χ1v) is 19.8. The minimum atomic E-state index is -0.695. The zero-order valence-electron chi connectivity index (χ0n) is 32.5. The van der Waals surface area contributed by atoms with Gasteiger partial charge >= 0.3 is 0 Å². The van der Waals surface area contributed by atoms with Crippen LogP contribution in [-0.4, -0.2) is 130 Å². The van der Waals surface area contributed by atoms with Crippen LogP contribution in [0, 0.1) is 12.7 Å². The number of aromatic hydroxyl groups is 1. The van der Waals surface area contributed by atoms with E-state index in [0.29, 0.717) is 60.1 Å². The molecule has 18 heteroatoms. The standard InChI is InChI=1S/C41H40FN13O4/c1-21-45-29-11-12-43-35-28-5-4-6-34(47-28)46-23-14-31(39(57)50(2)19-26(59-3)20-51(21)36(29)35)53(17-23)37-27-16-44-55(30-10-7-22(42)13-33(30)56)38(27)49-41(48-37)54-25-15-32(54)40(58)52(18-25)24-8-9-24/h4-7,10-13,15-16,23-24,26,31-32,56H,8-9,14,17-20H2,1-3H3,(H,46,47)/t23-,26-,31-,32+/m0/s1. The van der Waals surface area contributed by atoms with Crippen LogP contribution in [0.5, 0.6) is 5.75 Å². The average Bonchev–Trinajstić information content (AvgIpc) is 3.72. The molecule has 59 heavy (non-hydrogen) atoms. The van der Waals surface area contributed by atoms with E-state index in [1.807, 2.05) is 52.0 Å². The number of methoxy groups -OCH3 is 1. The summed E-state index contributed by atoms with van der Waals surface area (Å²) in [5.74, 6) is 1.04. The van der Waals surface area contributed by atoms with E-state index in [0.717, 1.165) is 41.5 Å². The Morgan fingerprint density at radius 2 is 1.85 bits per heavy atom. The number of hydrogen-bond acceptors (Lipinski definition) is 13. The zero-order valence-corrected chi connectivity index (χ0v) is 32.5. The lowest BCUT2D eigenvalue weighted by Gasteiger charge is -2.48. The SMILES string of the molecule is CO[C@H]1CN(C)C(=O)[C@@H]2C[C@@H](CN2c2nc(N3C4=C[C@@H]3C(=O)N(C3CC3)C4)nc3c2cnn3-c2ccc(F)cc2O)Nc2cccc(n2)-c2nccc3nc(C)n(c23)C1. The van der Waals surface area contributed by atoms with Gasteiger partial charge in [-0.1, -0.05) is 6.07 Å². The number of benzene rings is 1. The molecule has 6 bridgehead atoms. The lowest BCUT2D eigenvalue weighted by atomic mass is 9.98. The summed E-state index contributed by atoms with van der Waals surface area (Å²) in [7, 11) is 3.42. The van der Waals surface area contributed by atoms with Gasteiger partial charge in [0, 0.05) is 57.3 Å². The first-order chi connectivity index (χ1) is 28.6. The minimum Gasteiger partial charge on any atom is -0.506 e. The number of phenols is 1. The summed E-state index contributed by atoms with van der Waals surface area (Å²) < 4.78 is 23.7. The Morgan fingerprint density at radius 1 is 0.983 bits per heavy atom. The molecule has 2 amide bonds. The number of carbonyl (C=O) groups excluding carboxylic acids is 2. The molecule has 6 aliphatic rings. The van der Waals surface area contributed by atoms with Crippen LogP contribution >= 0.6 is 0 Å². The number of anilines is 3. The van der Waals surface area contributed by atoms with E-state index in [2.05, 4.69) is 15.0 Å². The monoisotopic (exact) mass is 797 g/mol. The lowest BCUT2D eigenvalue weighted by Crippen LogP contribution is -2.62. The highest BCUT2D eigenvalue weighted by atomic mass is 19.1. The van der Waals surface area contributed by atoms with Crippen molar-refractivity contribution in [3.05, 3.63) is 78.3 Å². The van der Waals surface area contributed by atoms with Gasteiger partial charge in [-0.2, -0.15) is 15.1 Å². The molecule has 1 aliphatic carbocycles. The molecule has 0 spiro atoms. The van der Waals surface area contributed by atoms with Crippen molar-refractivity contribution >= 4 is 51.5 Å². The normalized spacial score (nSPS) is 23.0. The maximum absolute atomic E-state index is 14.9. The van der Waals surface area contributed by atoms with Crippen molar-refractivity contribution in [2.75, 3.05) is 48.9 Å². The molecule has 12 rings (SSSR count). The highest BCUT2D eigenvalue weighted by Crippen LogP contribution is 2.42. The van der Waals surface area contributed by atoms with Gasteiger partial charge in [-0.25, -0.2) is 19.0 Å². The second-order valence-corrected chi connectivity index (χ2v) is 16.0. The maximum atomic E-state index is 14.9. The van der Waals surface area contributed by atoms with E-state index in [9.17, 15) is 19.1 Å². The summed E-state index contributed by atoms with van der Waals surface area (Å²) in [5, 5.41) is 19.6. The topological polar surface area (TPSA) is 176 Å². The van der Waals surface area contributed by atoms with Gasteiger partial charge in [0.25, 0.3) is 0 Å². The predicted octanol–water partition coefficient (Wildman–Crippen LogP) is 3.40. The number of imidazole rings is 1. The highest BCUT2D eigenvalue weighted by molar-refractivity contribution is 5.97. The summed E-state index contributed by atoms with van der Waals surface area (Å²) in [6, 6.07) is 10.1. The van der Waals surface area contributed by atoms with E-state index in [-0.39, 0.29) is 47.8 Å². The molecule has 10 heterocycles. The smallest absolute Gasteiger partial charge is 0.250 e. The fraction of sp³-hybridized carbons (Fsp3) is 0.366. The van der Waals surface area contributed by atoms with Crippen LogP contribution in [0.2, 0.25) is 0 Å². The number of aromatic nitrogens is 8. The van der Waals surface area contributed by atoms with Crippen molar-refractivity contribution < 1.29 is 23.8 Å². The van der Waals surface area contributed by atoms with Crippen molar-refractivity contribution in [1.82, 2.24) is 49.1 Å². The second kappa shape index (κ2) is 13.2. The number of pyridine rings is 2. The Hall–Kier alpha value is -6.69. The number of phenolic OH excluding ortho intramolecular Hbond substituents is 1. The number of likely N-dealkylation sites (N-methyl/N-ethyl adjacent to an activating group) is 1. The van der Waals surface area contributed by atoms with Crippen LogP contribution in [0.1, 0.15) is 25.1 Å². The number of hydrogen-bond donors (Lipinski definition) is 2. The van der Waals surface area contributed by atoms with Gasteiger partial charge in [0.15, 0.2) is 5.65 Å². The number of nitrogens with one attached hydrogen (secondary N) is 1. The quantitative estimate of drug-likeness (QED) is 0.260. The molecule has 1 aromatic carbocycles. The Bertz CT molecular complexity index is 2760. The molecule has 4 atom stereocenters. The number of nitrogens with zero attached hydrogens (tertiary/aromatic N) is 12. The third kappa shape index (κ3) is 5.67. The second-order valence-electron chi connectivity index (χ2n) is 16.0. The number of aryl methyl sites for hydroxylation is 1. The van der Waals surface area contributed by atoms with E-state index in [1.54, 1.807) is 31.5 Å². The molecule has 2 saturated heterocycles. The molecule has 1 saturated carbocycles. The van der Waals surface area contributed by atoms with Gasteiger partial charge in [-0.3, -0.25) is 19.5 Å². The number of amides is 2. The molecule has 0 radical (unpaired) electrons. The van der Waals surface area contributed by atoms with Gasteiger partial charge < -0.3 is 34.4 Å². The van der Waals surface area contributed by atoms with Gasteiger partial charge in [0.05, 0.1) is 47.5 Å². The van der Waals surface area contributed by atoms with Gasteiger partial charge in [0.1, 0.15) is 52.5 Å². The number of carbonyl (C=O) groups is 2. The molecule has 6 aromatic rings. The van der Waals surface area contributed by atoms with Crippen LogP contribution in [0.25, 0.3) is 39.1 Å². The van der Waals surface area contributed by atoms with Crippen LogP contribution in [0.15, 0.2) is 66.6 Å². The number of piperazine rings is 1. The fourth-order valence-corrected chi connectivity index (χ4v) is 9.11. The maximum Gasteiger partial charge on any atom is 0.250 e. The molecule has 5 aromatic heterocycles. The first kappa shape index (κ1) is 35.5. The van der Waals surface area contributed by atoms with E-state index in [1.165, 1.54) is 16.8 Å². The predicted molar refractivity (Wildman–Crippen MR) is 214 cm³/mol. The minimum absolute atomic E-state index is 0.00224. The zero-order chi connectivity index (χ0) is 40.3. The van der Waals surface area contributed by atoms with Crippen LogP contribution in [-0.2, 0) is 20.9 Å². The Morgan fingerprint density at radius 3 is 2.64 bits per heavy atom. The highest BCUT2D eigenvalue weighted by Gasteiger charge is 2.50. The van der Waals surface area contributed by atoms with Crippen LogP contribution < -0.4 is 15.1 Å².